The van der Waals surface area contributed by atoms with E-state index in [4.69, 9.17) is 9.47 Å². The van der Waals surface area contributed by atoms with Crippen LogP contribution < -0.4 is 0 Å². The largest absolute Gasteiger partial charge is 2.00 e. The van der Waals surface area contributed by atoms with Crippen molar-refractivity contribution in [3.05, 3.63) is 43.1 Å². The van der Waals surface area contributed by atoms with Crippen LogP contribution >= 0.6 is 0 Å². The molecule has 0 atom stereocenters. The first-order valence-electron chi connectivity index (χ1n) is 6.85. The number of rotatable bonds is 2. The second-order valence-electron chi connectivity index (χ2n) is 4.49. The number of hydrogen-bond acceptors (Lipinski definition) is 4. The van der Waals surface area contributed by atoms with Gasteiger partial charge in [0.25, 0.3) is 0 Å². The van der Waals surface area contributed by atoms with Crippen LogP contribution in [0.2, 0.25) is 0 Å². The zero-order valence-electron chi connectivity index (χ0n) is 12.0. The standard InChI is InChI=1S/C9H17N2O2.C6H5.Mg/c1-5-12-6-2-10(1)9-11-3-7-13-8-4-11;1-2-4-6-5-3-1;/h9H,1-8H2;1-5H;/q2*-1;+2. The molecule has 0 aliphatic carbocycles. The van der Waals surface area contributed by atoms with Gasteiger partial charge in [0.1, 0.15) is 0 Å². The Morgan fingerprint density at radius 1 is 0.750 bits per heavy atom. The van der Waals surface area contributed by atoms with E-state index in [0.29, 0.717) is 0 Å². The molecular weight excluding hydrogens is 264 g/mol. The molecule has 106 valence electrons. The maximum Gasteiger partial charge on any atom is 2.00 e. The number of ether oxygens (including phenoxy) is 2. The minimum atomic E-state index is 0. The topological polar surface area (TPSA) is 24.9 Å². The van der Waals surface area contributed by atoms with E-state index in [1.54, 1.807) is 0 Å². The Morgan fingerprint density at radius 3 is 1.50 bits per heavy atom. The quantitative estimate of drug-likeness (QED) is 0.595. The van der Waals surface area contributed by atoms with E-state index in [-0.39, 0.29) is 23.1 Å². The van der Waals surface area contributed by atoms with Crippen molar-refractivity contribution in [2.75, 3.05) is 52.6 Å². The van der Waals surface area contributed by atoms with Crippen LogP contribution in [0.3, 0.4) is 0 Å². The maximum atomic E-state index is 5.28. The van der Waals surface area contributed by atoms with Crippen LogP contribution in [0.1, 0.15) is 0 Å². The van der Waals surface area contributed by atoms with Crippen molar-refractivity contribution in [3.8, 4) is 0 Å². The molecule has 3 rings (SSSR count). The predicted octanol–water partition coefficient (Wildman–Crippen LogP) is 0.876. The van der Waals surface area contributed by atoms with E-state index in [0.717, 1.165) is 52.6 Å². The first-order valence-corrected chi connectivity index (χ1v) is 6.85. The maximum absolute atomic E-state index is 5.28. The molecule has 1 aromatic rings. The van der Waals surface area contributed by atoms with Gasteiger partial charge in [0.2, 0.25) is 0 Å². The molecule has 2 saturated heterocycles. The summed E-state index contributed by atoms with van der Waals surface area (Å²) in [5, 5.41) is 0. The Hall–Kier alpha value is -0.174. The third kappa shape index (κ3) is 7.57. The molecule has 2 fully saturated rings. The van der Waals surface area contributed by atoms with Gasteiger partial charge in [0, 0.05) is 0 Å². The fourth-order valence-electron chi connectivity index (χ4n) is 1.96. The Balaban J connectivity index is 0.000000243. The van der Waals surface area contributed by atoms with Crippen molar-refractivity contribution >= 4 is 23.1 Å². The molecule has 0 unspecified atom stereocenters. The molecule has 0 spiro atoms. The van der Waals surface area contributed by atoms with E-state index in [1.807, 2.05) is 30.3 Å². The molecule has 20 heavy (non-hydrogen) atoms. The van der Waals surface area contributed by atoms with E-state index in [2.05, 4.69) is 22.5 Å². The zero-order chi connectivity index (χ0) is 13.2. The van der Waals surface area contributed by atoms with Crippen LogP contribution in [-0.4, -0.2) is 85.5 Å². The van der Waals surface area contributed by atoms with Gasteiger partial charge in [-0.25, -0.2) is 6.67 Å². The van der Waals surface area contributed by atoms with Gasteiger partial charge >= 0.3 is 23.1 Å². The third-order valence-electron chi connectivity index (χ3n) is 3.03. The van der Waals surface area contributed by atoms with Gasteiger partial charge < -0.3 is 19.3 Å². The van der Waals surface area contributed by atoms with Crippen LogP contribution in [0.5, 0.6) is 0 Å². The molecule has 0 saturated carbocycles. The van der Waals surface area contributed by atoms with Crippen LogP contribution in [0.25, 0.3) is 0 Å². The van der Waals surface area contributed by atoms with Gasteiger partial charge in [0.05, 0.1) is 26.4 Å². The van der Waals surface area contributed by atoms with Crippen molar-refractivity contribution in [3.63, 3.8) is 0 Å². The average molecular weight is 287 g/mol. The molecule has 0 bridgehead atoms. The average Bonchev–Trinajstić information content (AvgIpc) is 2.52. The summed E-state index contributed by atoms with van der Waals surface area (Å²) in [4.78, 5) is 4.66. The van der Waals surface area contributed by atoms with Crippen molar-refractivity contribution < 1.29 is 9.47 Å². The Labute approximate surface area is 138 Å². The Morgan fingerprint density at radius 2 is 1.20 bits per heavy atom. The summed E-state index contributed by atoms with van der Waals surface area (Å²) in [5.41, 5.74) is 0. The van der Waals surface area contributed by atoms with Crippen LogP contribution in [-0.2, 0) is 9.47 Å². The van der Waals surface area contributed by atoms with Gasteiger partial charge in [-0.15, -0.1) is 0 Å². The van der Waals surface area contributed by atoms with Gasteiger partial charge in [0.15, 0.2) is 0 Å². The molecule has 0 amide bonds. The number of morpholine rings is 2. The smallest absolute Gasteiger partial charge is 0.439 e. The van der Waals surface area contributed by atoms with Gasteiger partial charge in [-0.1, -0.05) is 0 Å². The van der Waals surface area contributed by atoms with Crippen molar-refractivity contribution in [2.24, 2.45) is 0 Å². The summed E-state index contributed by atoms with van der Waals surface area (Å²) < 4.78 is 10.6. The zero-order valence-corrected chi connectivity index (χ0v) is 13.5. The first-order chi connectivity index (χ1) is 9.45. The predicted molar refractivity (Wildman–Crippen MR) is 80.1 cm³/mol. The van der Waals surface area contributed by atoms with Gasteiger partial charge in [-0.05, 0) is 26.2 Å². The molecule has 2 aliphatic heterocycles. The normalized spacial score (nSPS) is 20.4. The van der Waals surface area contributed by atoms with Crippen molar-refractivity contribution in [1.29, 1.82) is 0 Å². The SMILES string of the molecule is [CH-](N1CCOCC1)N1CCOCC1.[Mg+2].[c-]1ccccc1. The van der Waals surface area contributed by atoms with E-state index >= 15 is 0 Å². The summed E-state index contributed by atoms with van der Waals surface area (Å²) in [6.07, 6.45) is 0. The van der Waals surface area contributed by atoms with E-state index in [9.17, 15) is 0 Å². The second kappa shape index (κ2) is 11.5. The molecule has 0 radical (unpaired) electrons. The fourth-order valence-corrected chi connectivity index (χ4v) is 1.96. The molecule has 0 N–H and O–H groups in total. The van der Waals surface area contributed by atoms with Crippen LogP contribution in [0.4, 0.5) is 0 Å². The summed E-state index contributed by atoms with van der Waals surface area (Å²) in [6.45, 7) is 9.78. The molecule has 1 aromatic carbocycles. The fraction of sp³-hybridized carbons (Fsp3) is 0.533. The molecule has 4 nitrogen and oxygen atoms in total. The molecule has 2 aliphatic rings. The number of nitrogens with zero attached hydrogens (tertiary/aromatic N) is 2. The van der Waals surface area contributed by atoms with E-state index in [1.165, 1.54) is 0 Å². The summed E-state index contributed by atoms with van der Waals surface area (Å²) >= 11 is 0. The van der Waals surface area contributed by atoms with Crippen LogP contribution in [0.15, 0.2) is 30.3 Å². The first kappa shape index (κ1) is 17.9. The summed E-state index contributed by atoms with van der Waals surface area (Å²) in [7, 11) is 0. The molecular formula is C15H22MgN2O2. The molecule has 0 aromatic heterocycles. The Bertz CT molecular complexity index is 272. The molecule has 5 heteroatoms. The van der Waals surface area contributed by atoms with Crippen molar-refractivity contribution in [2.45, 2.75) is 0 Å². The summed E-state index contributed by atoms with van der Waals surface area (Å²) in [6, 6.07) is 12.5. The number of benzene rings is 1. The third-order valence-corrected chi connectivity index (χ3v) is 3.03. The van der Waals surface area contributed by atoms with Crippen LogP contribution in [0, 0.1) is 12.7 Å². The monoisotopic (exact) mass is 286 g/mol. The van der Waals surface area contributed by atoms with E-state index < -0.39 is 0 Å². The minimum absolute atomic E-state index is 0. The van der Waals surface area contributed by atoms with Crippen molar-refractivity contribution in [1.82, 2.24) is 9.80 Å². The summed E-state index contributed by atoms with van der Waals surface area (Å²) in [5.74, 6) is 0. The Kier molecular flexibility index (Phi) is 10.3. The minimum Gasteiger partial charge on any atom is -0.439 e. The van der Waals surface area contributed by atoms with Gasteiger partial charge in [-0.3, -0.25) is 0 Å². The number of hydrogen-bond donors (Lipinski definition) is 0. The molecule has 2 heterocycles. The van der Waals surface area contributed by atoms with Gasteiger partial charge in [-0.2, -0.15) is 36.4 Å². The second-order valence-corrected chi connectivity index (χ2v) is 4.49.